The van der Waals surface area contributed by atoms with Gasteiger partial charge in [0.15, 0.2) is 5.11 Å². The number of nitrogens with one attached hydrogen (secondary N) is 1. The van der Waals surface area contributed by atoms with Gasteiger partial charge in [0.2, 0.25) is 0 Å². The van der Waals surface area contributed by atoms with Crippen molar-refractivity contribution in [3.05, 3.63) is 87.9 Å². The van der Waals surface area contributed by atoms with Gasteiger partial charge in [0.25, 0.3) is 17.5 Å². The third-order valence-corrected chi connectivity index (χ3v) is 4.73. The van der Waals surface area contributed by atoms with Crippen molar-refractivity contribution in [1.82, 2.24) is 5.32 Å². The molecule has 0 saturated carbocycles. The molecule has 3 aromatic rings. The zero-order chi connectivity index (χ0) is 22.1. The van der Waals surface area contributed by atoms with Gasteiger partial charge in [-0.2, -0.15) is 0 Å². The van der Waals surface area contributed by atoms with Crippen molar-refractivity contribution in [2.24, 2.45) is 0 Å². The lowest BCUT2D eigenvalue weighted by Gasteiger charge is -2.28. The van der Waals surface area contributed by atoms with Crippen molar-refractivity contribution >= 4 is 46.6 Å². The molecular formula is C21H12FN3O5S. The number of benzene rings is 2. The van der Waals surface area contributed by atoms with Crippen molar-refractivity contribution in [2.75, 3.05) is 4.90 Å². The third kappa shape index (κ3) is 3.96. The van der Waals surface area contributed by atoms with E-state index in [0.717, 1.165) is 4.90 Å². The van der Waals surface area contributed by atoms with Crippen LogP contribution in [0.15, 0.2) is 70.7 Å². The molecule has 1 aliphatic rings. The number of carbonyl (C=O) groups is 2. The predicted octanol–water partition coefficient (Wildman–Crippen LogP) is 3.83. The summed E-state index contributed by atoms with van der Waals surface area (Å²) in [6, 6.07) is 14.0. The maximum absolute atomic E-state index is 13.2. The molecule has 31 heavy (non-hydrogen) atoms. The van der Waals surface area contributed by atoms with E-state index in [1.165, 1.54) is 54.6 Å². The van der Waals surface area contributed by atoms with Crippen LogP contribution < -0.4 is 10.2 Å². The Morgan fingerprint density at radius 1 is 1.10 bits per heavy atom. The number of rotatable bonds is 4. The third-order valence-electron chi connectivity index (χ3n) is 4.44. The topological polar surface area (TPSA) is 106 Å². The quantitative estimate of drug-likeness (QED) is 0.219. The van der Waals surface area contributed by atoms with Gasteiger partial charge in [0.05, 0.1) is 10.6 Å². The first-order valence-corrected chi connectivity index (χ1v) is 9.26. The summed E-state index contributed by atoms with van der Waals surface area (Å²) in [5, 5.41) is 13.3. The van der Waals surface area contributed by atoms with Gasteiger partial charge in [-0.05, 0) is 54.7 Å². The largest absolute Gasteiger partial charge is 0.457 e. The minimum absolute atomic E-state index is 0.0981. The number of hydrogen-bond acceptors (Lipinski definition) is 6. The first-order chi connectivity index (χ1) is 14.8. The average Bonchev–Trinajstić information content (AvgIpc) is 3.21. The average molecular weight is 437 g/mol. The summed E-state index contributed by atoms with van der Waals surface area (Å²) in [6.07, 6.45) is 1.25. The van der Waals surface area contributed by atoms with Crippen LogP contribution in [-0.2, 0) is 9.59 Å². The van der Waals surface area contributed by atoms with E-state index in [-0.39, 0.29) is 22.1 Å². The number of non-ortho nitro benzene ring substituents is 1. The van der Waals surface area contributed by atoms with Crippen LogP contribution in [0.4, 0.5) is 15.8 Å². The van der Waals surface area contributed by atoms with Gasteiger partial charge in [0, 0.05) is 17.7 Å². The number of halogens is 1. The number of nitrogens with zero attached hydrogens (tertiary/aromatic N) is 2. The van der Waals surface area contributed by atoms with Gasteiger partial charge >= 0.3 is 0 Å². The lowest BCUT2D eigenvalue weighted by atomic mass is 10.1. The molecule has 0 aliphatic carbocycles. The highest BCUT2D eigenvalue weighted by Gasteiger charge is 2.34. The maximum atomic E-state index is 13.2. The molecule has 154 valence electrons. The normalized spacial score (nSPS) is 15.3. The van der Waals surface area contributed by atoms with Gasteiger partial charge in [0.1, 0.15) is 22.9 Å². The molecule has 1 aliphatic heterocycles. The Morgan fingerprint density at radius 3 is 2.55 bits per heavy atom. The van der Waals surface area contributed by atoms with E-state index in [2.05, 4.69) is 5.32 Å². The Balaban J connectivity index is 1.66. The fraction of sp³-hybridized carbons (Fsp3) is 0. The predicted molar refractivity (Wildman–Crippen MR) is 113 cm³/mol. The Morgan fingerprint density at radius 2 is 1.84 bits per heavy atom. The van der Waals surface area contributed by atoms with Gasteiger partial charge in [-0.25, -0.2) is 4.39 Å². The van der Waals surface area contributed by atoms with E-state index < -0.39 is 22.6 Å². The van der Waals surface area contributed by atoms with E-state index in [9.17, 15) is 24.1 Å². The number of furan rings is 1. The summed E-state index contributed by atoms with van der Waals surface area (Å²) in [5.74, 6) is -1.38. The molecule has 0 bridgehead atoms. The summed E-state index contributed by atoms with van der Waals surface area (Å²) >= 11 is 5.09. The summed E-state index contributed by atoms with van der Waals surface area (Å²) in [4.78, 5) is 36.8. The number of thiocarbonyl (C=S) groups is 1. The van der Waals surface area contributed by atoms with Gasteiger partial charge in [-0.3, -0.25) is 29.9 Å². The SMILES string of the molecule is O=C1NC(=S)N(c2ccc(F)cc2)C(=O)C1=Cc1ccc(-c2cccc([N+](=O)[O-])c2)o1. The molecule has 2 aromatic carbocycles. The van der Waals surface area contributed by atoms with Gasteiger partial charge in [-0.1, -0.05) is 12.1 Å². The first-order valence-electron chi connectivity index (χ1n) is 8.85. The van der Waals surface area contributed by atoms with Gasteiger partial charge in [-0.15, -0.1) is 0 Å². The molecule has 10 heteroatoms. The Kier molecular flexibility index (Phi) is 5.14. The molecule has 8 nitrogen and oxygen atoms in total. The van der Waals surface area contributed by atoms with Crippen molar-refractivity contribution in [2.45, 2.75) is 0 Å². The van der Waals surface area contributed by atoms with Crippen LogP contribution in [0.5, 0.6) is 0 Å². The summed E-state index contributed by atoms with van der Waals surface area (Å²) in [5.41, 5.74) is 0.420. The van der Waals surface area contributed by atoms with Crippen molar-refractivity contribution in [3.63, 3.8) is 0 Å². The van der Waals surface area contributed by atoms with Crippen LogP contribution in [0.3, 0.4) is 0 Å². The van der Waals surface area contributed by atoms with E-state index in [1.807, 2.05) is 0 Å². The number of hydrogen-bond donors (Lipinski definition) is 1. The number of amides is 2. The van der Waals surface area contributed by atoms with E-state index >= 15 is 0 Å². The van der Waals surface area contributed by atoms with E-state index in [0.29, 0.717) is 17.0 Å². The maximum Gasteiger partial charge on any atom is 0.270 e. The number of anilines is 1. The standard InChI is InChI=1S/C21H12FN3O5S/c22-13-4-6-14(7-5-13)24-20(27)17(19(26)23-21(24)31)11-16-8-9-18(30-16)12-2-1-3-15(10-12)25(28)29/h1-11H,(H,23,26,31). The molecule has 4 rings (SSSR count). The van der Waals surface area contributed by atoms with Crippen LogP contribution in [0.2, 0.25) is 0 Å². The molecule has 0 atom stereocenters. The highest BCUT2D eigenvalue weighted by molar-refractivity contribution is 7.80. The zero-order valence-electron chi connectivity index (χ0n) is 15.6. The number of nitro benzene ring substituents is 1. The fourth-order valence-electron chi connectivity index (χ4n) is 2.98. The van der Waals surface area contributed by atoms with Crippen LogP contribution in [0.25, 0.3) is 17.4 Å². The van der Waals surface area contributed by atoms with Crippen molar-refractivity contribution < 1.29 is 23.3 Å². The Hall–Kier alpha value is -4.18. The minimum Gasteiger partial charge on any atom is -0.457 e. The highest BCUT2D eigenvalue weighted by atomic mass is 32.1. The fourth-order valence-corrected chi connectivity index (χ4v) is 3.26. The summed E-state index contributed by atoms with van der Waals surface area (Å²) in [7, 11) is 0. The molecule has 2 heterocycles. The molecule has 1 saturated heterocycles. The van der Waals surface area contributed by atoms with Crippen molar-refractivity contribution in [3.8, 4) is 11.3 Å². The zero-order valence-corrected chi connectivity index (χ0v) is 16.4. The lowest BCUT2D eigenvalue weighted by molar-refractivity contribution is -0.384. The Bertz CT molecular complexity index is 1270. The molecule has 0 radical (unpaired) electrons. The first kappa shape index (κ1) is 20.1. The second-order valence-electron chi connectivity index (χ2n) is 6.44. The van der Waals surface area contributed by atoms with Crippen LogP contribution >= 0.6 is 12.2 Å². The highest BCUT2D eigenvalue weighted by Crippen LogP contribution is 2.28. The van der Waals surface area contributed by atoms with Gasteiger partial charge < -0.3 is 4.42 Å². The summed E-state index contributed by atoms with van der Waals surface area (Å²) < 4.78 is 18.9. The van der Waals surface area contributed by atoms with Crippen LogP contribution in [0.1, 0.15) is 5.76 Å². The van der Waals surface area contributed by atoms with E-state index in [4.69, 9.17) is 16.6 Å². The van der Waals surface area contributed by atoms with E-state index in [1.54, 1.807) is 12.1 Å². The van der Waals surface area contributed by atoms with Crippen molar-refractivity contribution in [1.29, 1.82) is 0 Å². The molecule has 1 N–H and O–H groups in total. The van der Waals surface area contributed by atoms with Crippen LogP contribution in [-0.4, -0.2) is 21.9 Å². The molecule has 1 fully saturated rings. The second-order valence-corrected chi connectivity index (χ2v) is 6.83. The Labute approximate surface area is 179 Å². The lowest BCUT2D eigenvalue weighted by Crippen LogP contribution is -2.54. The molecular weight excluding hydrogens is 425 g/mol. The molecule has 0 unspecified atom stereocenters. The molecule has 1 aromatic heterocycles. The molecule has 0 spiro atoms. The number of carbonyl (C=O) groups excluding carboxylic acids is 2. The molecule has 2 amide bonds. The second kappa shape index (κ2) is 7.92. The van der Waals surface area contributed by atoms with Crippen LogP contribution in [0, 0.1) is 15.9 Å². The summed E-state index contributed by atoms with van der Waals surface area (Å²) in [6.45, 7) is 0. The number of nitro groups is 1. The minimum atomic E-state index is -0.707. The monoisotopic (exact) mass is 437 g/mol. The smallest absolute Gasteiger partial charge is 0.270 e.